The highest BCUT2D eigenvalue weighted by atomic mass is 16.5. The summed E-state index contributed by atoms with van der Waals surface area (Å²) in [7, 11) is 1.65. The van der Waals surface area contributed by atoms with Gasteiger partial charge in [0.15, 0.2) is 0 Å². The van der Waals surface area contributed by atoms with Crippen molar-refractivity contribution < 1.29 is 19.3 Å². The summed E-state index contributed by atoms with van der Waals surface area (Å²) >= 11 is 0. The molecule has 0 aliphatic heterocycles. The van der Waals surface area contributed by atoms with Gasteiger partial charge in [-0.05, 0) is 24.5 Å². The molecule has 0 aromatic carbocycles. The molecule has 1 fully saturated rings. The van der Waals surface area contributed by atoms with E-state index in [4.69, 9.17) is 14.5 Å². The third-order valence-electron chi connectivity index (χ3n) is 5.87. The number of nitrogens with zero attached hydrogens (tertiary/aromatic N) is 3. The number of anilines is 1. The molecule has 3 N–H and O–H groups in total. The largest absolute Gasteiger partial charge is 0.383 e. The topological polar surface area (TPSA) is 122 Å². The van der Waals surface area contributed by atoms with Crippen LogP contribution in [-0.4, -0.2) is 46.5 Å². The highest BCUT2D eigenvalue weighted by Gasteiger charge is 2.23. The highest BCUT2D eigenvalue weighted by molar-refractivity contribution is 5.75. The predicted molar refractivity (Wildman–Crippen MR) is 116 cm³/mol. The quantitative estimate of drug-likeness (QED) is 0.263. The van der Waals surface area contributed by atoms with Crippen LogP contribution in [-0.2, 0) is 9.53 Å². The second-order valence-corrected chi connectivity index (χ2v) is 8.18. The maximum atomic E-state index is 11.8. The molecule has 0 saturated heterocycles. The summed E-state index contributed by atoms with van der Waals surface area (Å²) in [5.74, 6) is 1.71. The zero-order valence-corrected chi connectivity index (χ0v) is 18.2. The number of methoxy groups -OCH3 is 1. The Hall–Kier alpha value is -2.52. The van der Waals surface area contributed by atoms with Gasteiger partial charge in [-0.25, -0.2) is 10.5 Å². The van der Waals surface area contributed by atoms with Gasteiger partial charge >= 0.3 is 0 Å². The van der Waals surface area contributed by atoms with Crippen LogP contribution in [0.2, 0.25) is 0 Å². The first kappa shape index (κ1) is 23.1. The molecule has 9 heteroatoms. The Balaban J connectivity index is 1.61. The van der Waals surface area contributed by atoms with Crippen molar-refractivity contribution in [3.63, 3.8) is 0 Å². The average Bonchev–Trinajstić information content (AvgIpc) is 3.30. The first-order valence-electron chi connectivity index (χ1n) is 11.2. The van der Waals surface area contributed by atoms with E-state index in [1.165, 1.54) is 32.1 Å². The van der Waals surface area contributed by atoms with Gasteiger partial charge in [0.25, 0.3) is 0 Å². The van der Waals surface area contributed by atoms with Crippen LogP contribution in [0.5, 0.6) is 0 Å². The number of pyridine rings is 1. The average molecular weight is 432 g/mol. The summed E-state index contributed by atoms with van der Waals surface area (Å²) in [6, 6.07) is 3.72. The van der Waals surface area contributed by atoms with E-state index < -0.39 is 5.91 Å². The third kappa shape index (κ3) is 7.29. The van der Waals surface area contributed by atoms with Gasteiger partial charge in [0.2, 0.25) is 17.6 Å². The van der Waals surface area contributed by atoms with Crippen molar-refractivity contribution in [2.45, 2.75) is 63.7 Å². The number of nitrogens with one attached hydrogen (secondary N) is 2. The Morgan fingerprint density at radius 1 is 1.32 bits per heavy atom. The van der Waals surface area contributed by atoms with Crippen molar-refractivity contribution in [2.24, 2.45) is 5.92 Å². The molecule has 31 heavy (non-hydrogen) atoms. The molecule has 9 nitrogen and oxygen atoms in total. The Kier molecular flexibility index (Phi) is 9.23. The van der Waals surface area contributed by atoms with Crippen LogP contribution in [0.3, 0.4) is 0 Å². The van der Waals surface area contributed by atoms with Gasteiger partial charge in [-0.3, -0.25) is 10.0 Å². The number of ether oxygens (including phenoxy) is 1. The molecule has 1 atom stereocenters. The Morgan fingerprint density at radius 3 is 2.87 bits per heavy atom. The summed E-state index contributed by atoms with van der Waals surface area (Å²) in [5, 5.41) is 16.2. The van der Waals surface area contributed by atoms with Gasteiger partial charge in [-0.15, -0.1) is 0 Å². The van der Waals surface area contributed by atoms with Crippen LogP contribution >= 0.6 is 0 Å². The summed E-state index contributed by atoms with van der Waals surface area (Å²) in [5.41, 5.74) is 2.45. The van der Waals surface area contributed by atoms with Gasteiger partial charge in [0.1, 0.15) is 5.82 Å². The number of carbonyl (C=O) groups excluding carboxylic acids is 1. The van der Waals surface area contributed by atoms with Crippen molar-refractivity contribution in [3.8, 4) is 11.4 Å². The molecule has 1 aliphatic rings. The smallest absolute Gasteiger partial charge is 0.244 e. The number of aromatic nitrogens is 3. The molecule has 1 amide bonds. The number of hydrogen-bond donors (Lipinski definition) is 3. The highest BCUT2D eigenvalue weighted by Crippen LogP contribution is 2.31. The minimum absolute atomic E-state index is 0.114. The molecule has 2 heterocycles. The van der Waals surface area contributed by atoms with Gasteiger partial charge in [-0.1, -0.05) is 50.1 Å². The van der Waals surface area contributed by atoms with Crippen molar-refractivity contribution in [1.82, 2.24) is 20.6 Å². The Morgan fingerprint density at radius 2 is 2.16 bits per heavy atom. The van der Waals surface area contributed by atoms with Gasteiger partial charge in [-0.2, -0.15) is 4.98 Å². The lowest BCUT2D eigenvalue weighted by Gasteiger charge is -2.22. The van der Waals surface area contributed by atoms with Gasteiger partial charge in [0, 0.05) is 37.8 Å². The first-order valence-corrected chi connectivity index (χ1v) is 11.2. The number of rotatable bonds is 12. The van der Waals surface area contributed by atoms with E-state index in [1.807, 2.05) is 12.1 Å². The van der Waals surface area contributed by atoms with Crippen LogP contribution in [0, 0.1) is 5.92 Å². The van der Waals surface area contributed by atoms with E-state index in [1.54, 1.807) is 18.8 Å². The van der Waals surface area contributed by atoms with Crippen LogP contribution < -0.4 is 10.8 Å². The lowest BCUT2D eigenvalue weighted by atomic mass is 9.84. The SMILES string of the molecule is COCCNc1ccc(-c2noc([C@H](CCCC3CCCCC3)CC(=O)NO)n2)cn1. The summed E-state index contributed by atoms with van der Waals surface area (Å²) < 4.78 is 10.5. The van der Waals surface area contributed by atoms with Crippen LogP contribution in [0.15, 0.2) is 22.9 Å². The fraction of sp³-hybridized carbons (Fsp3) is 0.636. The molecule has 0 unspecified atom stereocenters. The van der Waals surface area contributed by atoms with E-state index in [0.717, 1.165) is 36.6 Å². The molecule has 1 aliphatic carbocycles. The molecule has 2 aromatic rings. The zero-order valence-electron chi connectivity index (χ0n) is 18.2. The second kappa shape index (κ2) is 12.4. The van der Waals surface area contributed by atoms with Crippen LogP contribution in [0.1, 0.15) is 69.6 Å². The van der Waals surface area contributed by atoms with Crippen molar-refractivity contribution in [3.05, 3.63) is 24.2 Å². The fourth-order valence-electron chi connectivity index (χ4n) is 4.14. The standard InChI is InChI=1S/C22H33N5O4/c1-30-13-12-23-19-11-10-18(15-24-19)21-25-22(31-27-21)17(14-20(28)26-29)9-5-8-16-6-3-2-4-7-16/h10-11,15-17,29H,2-9,12-14H2,1H3,(H,23,24)(H,26,28)/t17-/m1/s1. The molecule has 3 rings (SSSR count). The van der Waals surface area contributed by atoms with E-state index in [0.29, 0.717) is 24.9 Å². The number of carbonyl (C=O) groups is 1. The minimum Gasteiger partial charge on any atom is -0.383 e. The molecule has 2 aromatic heterocycles. The lowest BCUT2D eigenvalue weighted by Crippen LogP contribution is -2.21. The van der Waals surface area contributed by atoms with E-state index >= 15 is 0 Å². The molecular weight excluding hydrogens is 398 g/mol. The number of amides is 1. The Labute approximate surface area is 182 Å². The normalized spacial score (nSPS) is 15.5. The van der Waals surface area contributed by atoms with Gasteiger partial charge < -0.3 is 14.6 Å². The zero-order chi connectivity index (χ0) is 21.9. The van der Waals surface area contributed by atoms with E-state index in [2.05, 4.69) is 20.4 Å². The molecule has 0 spiro atoms. The number of hydrogen-bond acceptors (Lipinski definition) is 8. The third-order valence-corrected chi connectivity index (χ3v) is 5.87. The fourth-order valence-corrected chi connectivity index (χ4v) is 4.14. The molecular formula is C22H33N5O4. The maximum Gasteiger partial charge on any atom is 0.244 e. The molecule has 0 bridgehead atoms. The maximum absolute atomic E-state index is 11.8. The van der Waals surface area contributed by atoms with Crippen molar-refractivity contribution >= 4 is 11.7 Å². The monoisotopic (exact) mass is 431 g/mol. The molecule has 1 saturated carbocycles. The van der Waals surface area contributed by atoms with E-state index in [9.17, 15) is 4.79 Å². The summed E-state index contributed by atoms with van der Waals surface area (Å²) in [4.78, 5) is 20.7. The van der Waals surface area contributed by atoms with Gasteiger partial charge in [0.05, 0.1) is 6.61 Å². The molecule has 170 valence electrons. The molecule has 0 radical (unpaired) electrons. The predicted octanol–water partition coefficient (Wildman–Crippen LogP) is 3.92. The number of hydroxylamine groups is 1. The minimum atomic E-state index is -0.449. The Bertz CT molecular complexity index is 789. The first-order chi connectivity index (χ1) is 15.2. The van der Waals surface area contributed by atoms with E-state index in [-0.39, 0.29) is 12.3 Å². The summed E-state index contributed by atoms with van der Waals surface area (Å²) in [6.45, 7) is 1.27. The lowest BCUT2D eigenvalue weighted by molar-refractivity contribution is -0.129. The second-order valence-electron chi connectivity index (χ2n) is 8.18. The van der Waals surface area contributed by atoms with Crippen LogP contribution in [0.4, 0.5) is 5.82 Å². The van der Waals surface area contributed by atoms with Crippen molar-refractivity contribution in [2.75, 3.05) is 25.6 Å². The van der Waals surface area contributed by atoms with Crippen molar-refractivity contribution in [1.29, 1.82) is 0 Å². The summed E-state index contributed by atoms with van der Waals surface area (Å²) in [6.07, 6.45) is 11.3. The van der Waals surface area contributed by atoms with Crippen LogP contribution in [0.25, 0.3) is 11.4 Å².